The van der Waals surface area contributed by atoms with Crippen LogP contribution < -0.4 is 5.32 Å². The number of aromatic nitrogens is 5. The summed E-state index contributed by atoms with van der Waals surface area (Å²) in [7, 11) is 0. The second kappa shape index (κ2) is 6.83. The average molecular weight is 350 g/mol. The molecule has 3 heterocycles. The lowest BCUT2D eigenvalue weighted by atomic mass is 10.1. The lowest BCUT2D eigenvalue weighted by molar-refractivity contribution is -0.159. The summed E-state index contributed by atoms with van der Waals surface area (Å²) in [5.41, 5.74) is 1.25. The third kappa shape index (κ3) is 3.90. The molecular formula is C15H13F3N6O. The van der Waals surface area contributed by atoms with E-state index in [0.717, 1.165) is 12.0 Å². The van der Waals surface area contributed by atoms with Crippen LogP contribution in [-0.2, 0) is 6.18 Å². The molecule has 0 aliphatic heterocycles. The van der Waals surface area contributed by atoms with Gasteiger partial charge in [-0.2, -0.15) is 18.2 Å². The average Bonchev–Trinajstić information content (AvgIpc) is 3.11. The predicted octanol–water partition coefficient (Wildman–Crippen LogP) is 3.50. The number of alkyl halides is 3. The van der Waals surface area contributed by atoms with E-state index in [4.69, 9.17) is 0 Å². The topological polar surface area (TPSA) is 89.6 Å². The van der Waals surface area contributed by atoms with Gasteiger partial charge in [0.05, 0.1) is 11.6 Å². The number of anilines is 1. The SMILES string of the molecule is CCC(Nc1ncc(-c2noc(C(F)(F)F)n2)cn1)c1ccncc1. The monoisotopic (exact) mass is 350 g/mol. The van der Waals surface area contributed by atoms with Crippen molar-refractivity contribution in [1.82, 2.24) is 25.1 Å². The van der Waals surface area contributed by atoms with Crippen LogP contribution in [0.4, 0.5) is 19.1 Å². The Morgan fingerprint density at radius 1 is 1.16 bits per heavy atom. The van der Waals surface area contributed by atoms with Crippen molar-refractivity contribution >= 4 is 5.95 Å². The maximum Gasteiger partial charge on any atom is 0.471 e. The van der Waals surface area contributed by atoms with Gasteiger partial charge in [-0.3, -0.25) is 4.98 Å². The lowest BCUT2D eigenvalue weighted by Gasteiger charge is -2.16. The van der Waals surface area contributed by atoms with Crippen molar-refractivity contribution in [1.29, 1.82) is 0 Å². The number of pyridine rings is 1. The fourth-order valence-electron chi connectivity index (χ4n) is 2.15. The summed E-state index contributed by atoms with van der Waals surface area (Å²) in [5, 5.41) is 6.45. The Morgan fingerprint density at radius 3 is 2.40 bits per heavy atom. The Labute approximate surface area is 140 Å². The van der Waals surface area contributed by atoms with Gasteiger partial charge < -0.3 is 9.84 Å². The van der Waals surface area contributed by atoms with Crippen molar-refractivity contribution < 1.29 is 17.7 Å². The Balaban J connectivity index is 1.75. The molecule has 0 saturated heterocycles. The Bertz CT molecular complexity index is 819. The minimum atomic E-state index is -4.69. The van der Waals surface area contributed by atoms with Gasteiger partial charge in [-0.25, -0.2) is 9.97 Å². The third-order valence-corrected chi connectivity index (χ3v) is 3.40. The summed E-state index contributed by atoms with van der Waals surface area (Å²) >= 11 is 0. The van der Waals surface area contributed by atoms with Gasteiger partial charge in [-0.05, 0) is 24.1 Å². The highest BCUT2D eigenvalue weighted by atomic mass is 19.4. The first-order valence-corrected chi connectivity index (χ1v) is 7.37. The Hall–Kier alpha value is -3.04. The highest BCUT2D eigenvalue weighted by molar-refractivity contribution is 5.52. The molecule has 0 fully saturated rings. The van der Waals surface area contributed by atoms with Gasteiger partial charge in [-0.1, -0.05) is 12.1 Å². The maximum atomic E-state index is 12.5. The molecule has 10 heteroatoms. The maximum absolute atomic E-state index is 12.5. The molecule has 7 nitrogen and oxygen atoms in total. The number of nitrogens with zero attached hydrogens (tertiary/aromatic N) is 5. The molecule has 130 valence electrons. The summed E-state index contributed by atoms with van der Waals surface area (Å²) < 4.78 is 41.6. The van der Waals surface area contributed by atoms with E-state index in [1.165, 1.54) is 12.4 Å². The van der Waals surface area contributed by atoms with E-state index in [0.29, 0.717) is 5.95 Å². The van der Waals surface area contributed by atoms with Gasteiger partial charge >= 0.3 is 12.1 Å². The largest absolute Gasteiger partial charge is 0.471 e. The van der Waals surface area contributed by atoms with Crippen molar-refractivity contribution in [3.8, 4) is 11.4 Å². The van der Waals surface area contributed by atoms with Crippen molar-refractivity contribution in [3.05, 3.63) is 48.4 Å². The molecule has 0 bridgehead atoms. The van der Waals surface area contributed by atoms with Gasteiger partial charge in [0, 0.05) is 24.8 Å². The van der Waals surface area contributed by atoms with E-state index < -0.39 is 12.1 Å². The molecule has 0 aliphatic rings. The van der Waals surface area contributed by atoms with Gasteiger partial charge in [0.25, 0.3) is 0 Å². The smallest absolute Gasteiger partial charge is 0.347 e. The molecule has 0 saturated carbocycles. The summed E-state index contributed by atoms with van der Waals surface area (Å²) in [6.45, 7) is 2.00. The van der Waals surface area contributed by atoms with E-state index in [-0.39, 0.29) is 17.4 Å². The normalized spacial score (nSPS) is 12.8. The molecule has 3 rings (SSSR count). The zero-order valence-corrected chi connectivity index (χ0v) is 13.0. The number of nitrogens with one attached hydrogen (secondary N) is 1. The van der Waals surface area contributed by atoms with Gasteiger partial charge in [0.2, 0.25) is 11.8 Å². The molecule has 1 N–H and O–H groups in total. The van der Waals surface area contributed by atoms with Crippen LogP contribution in [0, 0.1) is 0 Å². The highest BCUT2D eigenvalue weighted by Gasteiger charge is 2.38. The summed E-state index contributed by atoms with van der Waals surface area (Å²) in [4.78, 5) is 15.5. The fourth-order valence-corrected chi connectivity index (χ4v) is 2.15. The van der Waals surface area contributed by atoms with Crippen molar-refractivity contribution in [2.24, 2.45) is 0 Å². The third-order valence-electron chi connectivity index (χ3n) is 3.40. The zero-order chi connectivity index (χ0) is 17.9. The predicted molar refractivity (Wildman–Crippen MR) is 81.2 cm³/mol. The summed E-state index contributed by atoms with van der Waals surface area (Å²) in [6, 6.07) is 3.75. The molecular weight excluding hydrogens is 337 g/mol. The minimum absolute atomic E-state index is 0.0177. The molecule has 3 aromatic heterocycles. The molecule has 0 aromatic carbocycles. The molecule has 0 amide bonds. The molecule has 3 aromatic rings. The summed E-state index contributed by atoms with van der Waals surface area (Å²) in [5.74, 6) is -1.29. The van der Waals surface area contributed by atoms with Crippen LogP contribution in [0.5, 0.6) is 0 Å². The highest BCUT2D eigenvalue weighted by Crippen LogP contribution is 2.29. The second-order valence-corrected chi connectivity index (χ2v) is 5.10. The molecule has 0 spiro atoms. The van der Waals surface area contributed by atoms with Crippen LogP contribution in [0.3, 0.4) is 0 Å². The van der Waals surface area contributed by atoms with Crippen LogP contribution in [0.2, 0.25) is 0 Å². The quantitative estimate of drug-likeness (QED) is 0.753. The van der Waals surface area contributed by atoms with Crippen LogP contribution in [-0.4, -0.2) is 25.1 Å². The number of halogens is 3. The number of hydrogen-bond acceptors (Lipinski definition) is 7. The minimum Gasteiger partial charge on any atom is -0.347 e. The molecule has 0 aliphatic carbocycles. The lowest BCUT2D eigenvalue weighted by Crippen LogP contribution is -2.12. The second-order valence-electron chi connectivity index (χ2n) is 5.10. The van der Waals surface area contributed by atoms with Gasteiger partial charge in [0.1, 0.15) is 0 Å². The number of rotatable bonds is 5. The first-order chi connectivity index (χ1) is 12.0. The van der Waals surface area contributed by atoms with Gasteiger partial charge in [0.15, 0.2) is 0 Å². The standard InChI is InChI=1S/C15H13F3N6O/c1-2-11(9-3-5-19-6-4-9)22-14-20-7-10(8-21-14)12-23-13(25-24-12)15(16,17)18/h3-8,11H,2H2,1H3,(H,20,21,22). The fraction of sp³-hybridized carbons (Fsp3) is 0.267. The molecule has 25 heavy (non-hydrogen) atoms. The Morgan fingerprint density at radius 2 is 1.84 bits per heavy atom. The van der Waals surface area contributed by atoms with E-state index in [1.807, 2.05) is 19.1 Å². The van der Waals surface area contributed by atoms with E-state index >= 15 is 0 Å². The van der Waals surface area contributed by atoms with E-state index in [9.17, 15) is 13.2 Å². The Kier molecular flexibility index (Phi) is 4.59. The first-order valence-electron chi connectivity index (χ1n) is 7.37. The molecule has 1 atom stereocenters. The first kappa shape index (κ1) is 16.8. The van der Waals surface area contributed by atoms with Crippen LogP contribution in [0.25, 0.3) is 11.4 Å². The van der Waals surface area contributed by atoms with Gasteiger partial charge in [-0.15, -0.1) is 0 Å². The van der Waals surface area contributed by atoms with Crippen LogP contribution in [0.1, 0.15) is 30.8 Å². The van der Waals surface area contributed by atoms with E-state index in [2.05, 4.69) is 34.9 Å². The van der Waals surface area contributed by atoms with E-state index in [1.54, 1.807) is 12.4 Å². The molecule has 1 unspecified atom stereocenters. The summed E-state index contributed by atoms with van der Waals surface area (Å²) in [6.07, 6.45) is 2.15. The van der Waals surface area contributed by atoms with Crippen LogP contribution in [0.15, 0.2) is 41.4 Å². The van der Waals surface area contributed by atoms with Crippen LogP contribution >= 0.6 is 0 Å². The zero-order valence-electron chi connectivity index (χ0n) is 13.0. The molecule has 0 radical (unpaired) electrons. The van der Waals surface area contributed by atoms with Crippen molar-refractivity contribution in [2.75, 3.05) is 5.32 Å². The number of hydrogen-bond donors (Lipinski definition) is 1. The van der Waals surface area contributed by atoms with Crippen molar-refractivity contribution in [2.45, 2.75) is 25.6 Å². The van der Waals surface area contributed by atoms with Crippen molar-refractivity contribution in [3.63, 3.8) is 0 Å².